The molecule has 2 aromatic carbocycles. The van der Waals surface area contributed by atoms with Crippen LogP contribution in [0.5, 0.6) is 17.2 Å². The second-order valence-corrected chi connectivity index (χ2v) is 7.27. The summed E-state index contributed by atoms with van der Waals surface area (Å²) in [6.45, 7) is 7.91. The average molecular weight is 428 g/mol. The predicted molar refractivity (Wildman–Crippen MR) is 119 cm³/mol. The quantitative estimate of drug-likeness (QED) is 0.354. The zero-order chi connectivity index (χ0) is 22.2. The number of benzene rings is 2. The second kappa shape index (κ2) is 10.8. The zero-order valence-electron chi connectivity index (χ0n) is 18.0. The highest BCUT2D eigenvalue weighted by Crippen LogP contribution is 2.33. The van der Waals surface area contributed by atoms with Gasteiger partial charge in [-0.15, -0.1) is 0 Å². The molecule has 0 bridgehead atoms. The van der Waals surface area contributed by atoms with Gasteiger partial charge in [0.15, 0.2) is 0 Å². The normalized spacial score (nSPS) is 14.1. The Kier molecular flexibility index (Phi) is 7.86. The minimum atomic E-state index is -0.566. The van der Waals surface area contributed by atoms with Crippen molar-refractivity contribution in [2.75, 3.05) is 38.5 Å². The Balaban J connectivity index is 1.61. The van der Waals surface area contributed by atoms with E-state index in [2.05, 4.69) is 11.8 Å². The van der Waals surface area contributed by atoms with Crippen molar-refractivity contribution < 1.29 is 23.7 Å². The first-order valence-electron chi connectivity index (χ1n) is 10.2. The van der Waals surface area contributed by atoms with Crippen LogP contribution in [0.2, 0.25) is 0 Å². The van der Waals surface area contributed by atoms with Gasteiger partial charge in [-0.2, -0.15) is 5.10 Å². The molecule has 2 N–H and O–H groups in total. The molecule has 0 aliphatic carbocycles. The zero-order valence-corrected chi connectivity index (χ0v) is 18.0. The third-order valence-corrected chi connectivity index (χ3v) is 5.05. The summed E-state index contributed by atoms with van der Waals surface area (Å²) >= 11 is 0. The van der Waals surface area contributed by atoms with Gasteiger partial charge < -0.3 is 24.7 Å². The summed E-state index contributed by atoms with van der Waals surface area (Å²) in [5.74, 6) is 1.04. The van der Waals surface area contributed by atoms with Gasteiger partial charge in [0.2, 0.25) is 0 Å². The highest BCUT2D eigenvalue weighted by Gasteiger charge is 2.16. The first-order chi connectivity index (χ1) is 15.0. The number of amides is 1. The molecule has 166 valence electrons. The van der Waals surface area contributed by atoms with Gasteiger partial charge in [0.1, 0.15) is 23.9 Å². The smallest absolute Gasteiger partial charge is 0.252 e. The molecule has 8 heteroatoms. The lowest BCUT2D eigenvalue weighted by Gasteiger charge is -2.22. The summed E-state index contributed by atoms with van der Waals surface area (Å²) in [5, 5.41) is 5.50. The molecule has 0 saturated carbocycles. The molecule has 1 fully saturated rings. The summed E-state index contributed by atoms with van der Waals surface area (Å²) in [7, 11) is 1.76. The molecule has 8 nitrogen and oxygen atoms in total. The molecule has 0 unspecified atom stereocenters. The minimum Gasteiger partial charge on any atom is -0.491 e. The molecule has 1 amide bonds. The highest BCUT2D eigenvalue weighted by atomic mass is 16.5. The van der Waals surface area contributed by atoms with Gasteiger partial charge in [-0.05, 0) is 55.7 Å². The van der Waals surface area contributed by atoms with Crippen LogP contribution in [0.25, 0.3) is 0 Å². The standard InChI is InChI=1S/C23H29N3O5/c1-16-14-20(23(24)27)22(15-21(16)26(3)25-2)31-19-6-4-17(5-7-19)29-12-13-30-18-8-10-28-11-9-18/h4-7,14-15,18H,2,8-13H2,1,3H3,(H2,24,27). The number of anilines is 1. The van der Waals surface area contributed by atoms with Crippen molar-refractivity contribution >= 4 is 18.3 Å². The fourth-order valence-electron chi connectivity index (χ4n) is 3.33. The van der Waals surface area contributed by atoms with Crippen LogP contribution in [0, 0.1) is 6.92 Å². The molecule has 1 saturated heterocycles. The van der Waals surface area contributed by atoms with Gasteiger partial charge in [-0.1, -0.05) is 0 Å². The molecule has 2 aromatic rings. The van der Waals surface area contributed by atoms with Crippen molar-refractivity contribution in [3.05, 3.63) is 47.5 Å². The van der Waals surface area contributed by atoms with E-state index in [0.717, 1.165) is 37.3 Å². The van der Waals surface area contributed by atoms with Gasteiger partial charge in [0.25, 0.3) is 5.91 Å². The van der Waals surface area contributed by atoms with E-state index >= 15 is 0 Å². The maximum Gasteiger partial charge on any atom is 0.252 e. The van der Waals surface area contributed by atoms with Gasteiger partial charge in [0.05, 0.1) is 24.0 Å². The van der Waals surface area contributed by atoms with Crippen LogP contribution < -0.4 is 20.2 Å². The summed E-state index contributed by atoms with van der Waals surface area (Å²) in [4.78, 5) is 11.9. The summed E-state index contributed by atoms with van der Waals surface area (Å²) in [5.41, 5.74) is 7.43. The number of hydrogen-bond donors (Lipinski definition) is 1. The summed E-state index contributed by atoms with van der Waals surface area (Å²) in [6, 6.07) is 10.6. The van der Waals surface area contributed by atoms with Crippen molar-refractivity contribution in [3.8, 4) is 17.2 Å². The van der Waals surface area contributed by atoms with E-state index in [9.17, 15) is 4.79 Å². The number of nitrogens with two attached hydrogens (primary N) is 1. The number of hydrazone groups is 1. The molecule has 1 aliphatic heterocycles. The first-order valence-corrected chi connectivity index (χ1v) is 10.2. The maximum atomic E-state index is 11.9. The summed E-state index contributed by atoms with van der Waals surface area (Å²) < 4.78 is 22.8. The van der Waals surface area contributed by atoms with Crippen molar-refractivity contribution in [2.45, 2.75) is 25.9 Å². The third-order valence-electron chi connectivity index (χ3n) is 5.05. The Morgan fingerprint density at radius 1 is 1.19 bits per heavy atom. The van der Waals surface area contributed by atoms with Crippen LogP contribution in [0.15, 0.2) is 41.5 Å². The van der Waals surface area contributed by atoms with E-state index in [-0.39, 0.29) is 6.10 Å². The lowest BCUT2D eigenvalue weighted by atomic mass is 10.1. The monoisotopic (exact) mass is 427 g/mol. The molecule has 3 rings (SSSR count). The van der Waals surface area contributed by atoms with Crippen molar-refractivity contribution in [2.24, 2.45) is 10.8 Å². The van der Waals surface area contributed by atoms with Crippen LogP contribution in [0.1, 0.15) is 28.8 Å². The second-order valence-electron chi connectivity index (χ2n) is 7.27. The minimum absolute atomic E-state index is 0.252. The Morgan fingerprint density at radius 3 is 2.52 bits per heavy atom. The Labute approximate surface area is 182 Å². The number of primary amides is 1. The molecule has 31 heavy (non-hydrogen) atoms. The van der Waals surface area contributed by atoms with E-state index in [4.69, 9.17) is 24.7 Å². The number of carbonyl (C=O) groups is 1. The van der Waals surface area contributed by atoms with Crippen LogP contribution in [0.4, 0.5) is 5.69 Å². The molecule has 0 atom stereocenters. The average Bonchev–Trinajstić information content (AvgIpc) is 2.78. The van der Waals surface area contributed by atoms with Crippen LogP contribution in [0.3, 0.4) is 0 Å². The van der Waals surface area contributed by atoms with Crippen molar-refractivity contribution in [3.63, 3.8) is 0 Å². The summed E-state index contributed by atoms with van der Waals surface area (Å²) in [6.07, 6.45) is 2.11. The molecule has 0 radical (unpaired) electrons. The Morgan fingerprint density at radius 2 is 1.87 bits per heavy atom. The Hall–Kier alpha value is -3.10. The molecule has 0 spiro atoms. The van der Waals surface area contributed by atoms with E-state index < -0.39 is 5.91 Å². The number of carbonyl (C=O) groups excluding carboxylic acids is 1. The Bertz CT molecular complexity index is 895. The van der Waals surface area contributed by atoms with E-state index in [0.29, 0.717) is 36.0 Å². The lowest BCUT2D eigenvalue weighted by Crippen LogP contribution is -2.25. The van der Waals surface area contributed by atoms with Gasteiger partial charge in [-0.3, -0.25) is 9.80 Å². The van der Waals surface area contributed by atoms with Crippen LogP contribution >= 0.6 is 0 Å². The number of rotatable bonds is 10. The molecule has 0 aromatic heterocycles. The highest BCUT2D eigenvalue weighted by molar-refractivity contribution is 5.96. The maximum absolute atomic E-state index is 11.9. The van der Waals surface area contributed by atoms with Crippen molar-refractivity contribution in [1.82, 2.24) is 0 Å². The van der Waals surface area contributed by atoms with E-state index in [1.807, 2.05) is 6.92 Å². The number of nitrogens with zero attached hydrogens (tertiary/aromatic N) is 2. The van der Waals surface area contributed by atoms with Crippen LogP contribution in [-0.4, -0.2) is 52.2 Å². The van der Waals surface area contributed by atoms with Gasteiger partial charge in [-0.25, -0.2) is 0 Å². The fraction of sp³-hybridized carbons (Fsp3) is 0.391. The molecule has 1 heterocycles. The number of ether oxygens (including phenoxy) is 4. The van der Waals surface area contributed by atoms with Crippen LogP contribution in [-0.2, 0) is 9.47 Å². The largest absolute Gasteiger partial charge is 0.491 e. The third kappa shape index (κ3) is 6.19. The SMILES string of the molecule is C=NN(C)c1cc(Oc2ccc(OCCOC3CCOCC3)cc2)c(C(N)=O)cc1C. The lowest BCUT2D eigenvalue weighted by molar-refractivity contribution is -0.0388. The topological polar surface area (TPSA) is 95.6 Å². The molecule has 1 aliphatic rings. The number of aryl methyl sites for hydroxylation is 1. The molecular formula is C23H29N3O5. The fourth-order valence-corrected chi connectivity index (χ4v) is 3.33. The van der Waals surface area contributed by atoms with Gasteiger partial charge >= 0.3 is 0 Å². The predicted octanol–water partition coefficient (Wildman–Crippen LogP) is 3.51. The van der Waals surface area contributed by atoms with Crippen molar-refractivity contribution in [1.29, 1.82) is 0 Å². The first kappa shape index (κ1) is 22.6. The van der Waals surface area contributed by atoms with Gasteiger partial charge in [0, 0.05) is 33.0 Å². The van der Waals surface area contributed by atoms with E-state index in [1.165, 1.54) is 0 Å². The molecular weight excluding hydrogens is 398 g/mol. The van der Waals surface area contributed by atoms with E-state index in [1.54, 1.807) is 48.5 Å². The number of hydrogen-bond acceptors (Lipinski definition) is 7.